The molecule has 7 nitrogen and oxygen atoms in total. The van der Waals surface area contributed by atoms with E-state index < -0.39 is 35.7 Å². The first kappa shape index (κ1) is 25.4. The zero-order valence-corrected chi connectivity index (χ0v) is 19.2. The van der Waals surface area contributed by atoms with Crippen LogP contribution in [0.5, 0.6) is 5.75 Å². The average molecular weight is 479 g/mol. The van der Waals surface area contributed by atoms with Gasteiger partial charge in [-0.3, -0.25) is 9.59 Å². The molecule has 0 fully saturated rings. The lowest BCUT2D eigenvalue weighted by Gasteiger charge is -2.21. The molecule has 0 radical (unpaired) electrons. The molecule has 0 aliphatic carbocycles. The highest BCUT2D eigenvalue weighted by Gasteiger charge is 2.26. The standard InChI is InChI=1S/C27H27FN2O5/c1-18(31)29-24(15-19-7-11-22(28)12-8-19)26(32)30-25(27(33)34)16-20-9-13-23(14-10-20)35-17-21-5-3-2-4-6-21/h2-14,24-25H,15-17H2,1H3,(H,29,31)(H,30,32)(H,33,34)/t24-,25-/m1/s1. The van der Waals surface area contributed by atoms with Crippen molar-refractivity contribution in [2.45, 2.75) is 38.5 Å². The summed E-state index contributed by atoms with van der Waals surface area (Å²) in [6.45, 7) is 1.67. The van der Waals surface area contributed by atoms with Crippen molar-refractivity contribution >= 4 is 17.8 Å². The lowest BCUT2D eigenvalue weighted by Crippen LogP contribution is -2.52. The number of halogens is 1. The molecule has 182 valence electrons. The number of amides is 2. The molecule has 0 bridgehead atoms. The third kappa shape index (κ3) is 8.26. The largest absolute Gasteiger partial charge is 0.489 e. The van der Waals surface area contributed by atoms with E-state index in [0.717, 1.165) is 5.56 Å². The zero-order valence-electron chi connectivity index (χ0n) is 19.2. The lowest BCUT2D eigenvalue weighted by atomic mass is 10.0. The monoisotopic (exact) mass is 478 g/mol. The minimum Gasteiger partial charge on any atom is -0.489 e. The van der Waals surface area contributed by atoms with Gasteiger partial charge in [0.05, 0.1) is 0 Å². The molecule has 2 atom stereocenters. The summed E-state index contributed by atoms with van der Waals surface area (Å²) in [5, 5.41) is 14.7. The van der Waals surface area contributed by atoms with Crippen LogP contribution in [-0.4, -0.2) is 35.0 Å². The smallest absolute Gasteiger partial charge is 0.326 e. The van der Waals surface area contributed by atoms with Gasteiger partial charge in [-0.25, -0.2) is 9.18 Å². The average Bonchev–Trinajstić information content (AvgIpc) is 2.84. The molecule has 35 heavy (non-hydrogen) atoms. The van der Waals surface area contributed by atoms with E-state index in [1.165, 1.54) is 31.2 Å². The number of benzene rings is 3. The Kier molecular flexibility index (Phi) is 8.95. The van der Waals surface area contributed by atoms with Crippen molar-refractivity contribution in [2.24, 2.45) is 0 Å². The van der Waals surface area contributed by atoms with Crippen molar-refractivity contribution in [1.82, 2.24) is 10.6 Å². The van der Waals surface area contributed by atoms with E-state index in [4.69, 9.17) is 4.74 Å². The maximum absolute atomic E-state index is 13.2. The molecular weight excluding hydrogens is 451 g/mol. The molecule has 0 aliphatic heterocycles. The van der Waals surface area contributed by atoms with Gasteiger partial charge in [-0.05, 0) is 41.0 Å². The summed E-state index contributed by atoms with van der Waals surface area (Å²) in [4.78, 5) is 36.3. The topological polar surface area (TPSA) is 105 Å². The van der Waals surface area contributed by atoms with Crippen LogP contribution in [0.25, 0.3) is 0 Å². The molecule has 0 unspecified atom stereocenters. The second-order valence-electron chi connectivity index (χ2n) is 8.11. The van der Waals surface area contributed by atoms with Crippen LogP contribution in [0, 0.1) is 5.82 Å². The molecule has 0 saturated heterocycles. The summed E-state index contributed by atoms with van der Waals surface area (Å²) < 4.78 is 18.9. The molecule has 2 amide bonds. The number of nitrogens with one attached hydrogen (secondary N) is 2. The first-order valence-electron chi connectivity index (χ1n) is 11.1. The number of carboxylic acid groups (broad SMARTS) is 1. The maximum Gasteiger partial charge on any atom is 0.326 e. The van der Waals surface area contributed by atoms with Gasteiger partial charge < -0.3 is 20.5 Å². The Hall–Kier alpha value is -4.20. The van der Waals surface area contributed by atoms with Crippen LogP contribution in [0.3, 0.4) is 0 Å². The van der Waals surface area contributed by atoms with Crippen molar-refractivity contribution in [2.75, 3.05) is 0 Å². The van der Waals surface area contributed by atoms with Gasteiger partial charge in [0.1, 0.15) is 30.3 Å². The minimum atomic E-state index is -1.21. The minimum absolute atomic E-state index is 0.0450. The van der Waals surface area contributed by atoms with E-state index in [2.05, 4.69) is 10.6 Å². The second-order valence-corrected chi connectivity index (χ2v) is 8.11. The van der Waals surface area contributed by atoms with Gasteiger partial charge in [-0.2, -0.15) is 0 Å². The number of hydrogen-bond acceptors (Lipinski definition) is 4. The van der Waals surface area contributed by atoms with Crippen molar-refractivity contribution in [3.05, 3.63) is 101 Å². The van der Waals surface area contributed by atoms with Gasteiger partial charge in [0.15, 0.2) is 0 Å². The highest BCUT2D eigenvalue weighted by molar-refractivity contribution is 5.90. The number of carbonyl (C=O) groups excluding carboxylic acids is 2. The molecule has 3 rings (SSSR count). The van der Waals surface area contributed by atoms with Crippen LogP contribution in [0.4, 0.5) is 4.39 Å². The van der Waals surface area contributed by atoms with Crippen LogP contribution in [0.2, 0.25) is 0 Å². The summed E-state index contributed by atoms with van der Waals surface area (Å²) in [6.07, 6.45) is 0.134. The molecule has 0 heterocycles. The van der Waals surface area contributed by atoms with E-state index in [0.29, 0.717) is 23.5 Å². The number of rotatable bonds is 11. The molecule has 0 aliphatic rings. The van der Waals surface area contributed by atoms with Gasteiger partial charge in [0, 0.05) is 19.8 Å². The Balaban J connectivity index is 1.62. The van der Waals surface area contributed by atoms with Crippen LogP contribution in [0.1, 0.15) is 23.6 Å². The van der Waals surface area contributed by atoms with Gasteiger partial charge in [-0.15, -0.1) is 0 Å². The summed E-state index contributed by atoms with van der Waals surface area (Å²) in [5.74, 6) is -2.06. The Labute approximate surface area is 202 Å². The van der Waals surface area contributed by atoms with Gasteiger partial charge >= 0.3 is 5.97 Å². The normalized spacial score (nSPS) is 12.3. The third-order valence-corrected chi connectivity index (χ3v) is 5.27. The molecule has 3 aromatic carbocycles. The lowest BCUT2D eigenvalue weighted by molar-refractivity contribution is -0.142. The second kappa shape index (κ2) is 12.3. The number of carboxylic acids is 1. The van der Waals surface area contributed by atoms with Crippen molar-refractivity contribution < 1.29 is 28.6 Å². The van der Waals surface area contributed by atoms with E-state index >= 15 is 0 Å². The molecule has 8 heteroatoms. The van der Waals surface area contributed by atoms with E-state index in [1.54, 1.807) is 24.3 Å². The van der Waals surface area contributed by atoms with Crippen molar-refractivity contribution in [3.8, 4) is 5.75 Å². The summed E-state index contributed by atoms with van der Waals surface area (Å²) in [6, 6.07) is 20.0. The Morgan fingerprint density at radius 2 is 1.37 bits per heavy atom. The molecule has 0 aromatic heterocycles. The number of ether oxygens (including phenoxy) is 1. The van der Waals surface area contributed by atoms with Crippen LogP contribution < -0.4 is 15.4 Å². The predicted molar refractivity (Wildman–Crippen MR) is 128 cm³/mol. The molecule has 0 spiro atoms. The molecule has 3 aromatic rings. The summed E-state index contributed by atoms with van der Waals surface area (Å²) >= 11 is 0. The van der Waals surface area contributed by atoms with Crippen LogP contribution in [-0.2, 0) is 33.8 Å². The quantitative estimate of drug-likeness (QED) is 0.392. The van der Waals surface area contributed by atoms with Crippen LogP contribution in [0.15, 0.2) is 78.9 Å². The highest BCUT2D eigenvalue weighted by atomic mass is 19.1. The van der Waals surface area contributed by atoms with Crippen LogP contribution >= 0.6 is 0 Å². The number of hydrogen-bond donors (Lipinski definition) is 3. The highest BCUT2D eigenvalue weighted by Crippen LogP contribution is 2.16. The first-order valence-corrected chi connectivity index (χ1v) is 11.1. The fourth-order valence-corrected chi connectivity index (χ4v) is 3.48. The van der Waals surface area contributed by atoms with Gasteiger partial charge in [0.25, 0.3) is 0 Å². The third-order valence-electron chi connectivity index (χ3n) is 5.27. The fraction of sp³-hybridized carbons (Fsp3) is 0.222. The van der Waals surface area contributed by atoms with Crippen molar-refractivity contribution in [3.63, 3.8) is 0 Å². The van der Waals surface area contributed by atoms with E-state index in [1.807, 2.05) is 30.3 Å². The maximum atomic E-state index is 13.2. The van der Waals surface area contributed by atoms with Gasteiger partial charge in [0.2, 0.25) is 11.8 Å². The Morgan fingerprint density at radius 3 is 1.94 bits per heavy atom. The fourth-order valence-electron chi connectivity index (χ4n) is 3.48. The number of carbonyl (C=O) groups is 3. The van der Waals surface area contributed by atoms with E-state index in [9.17, 15) is 23.9 Å². The molecule has 0 saturated carbocycles. The molecular formula is C27H27FN2O5. The zero-order chi connectivity index (χ0) is 25.2. The summed E-state index contributed by atoms with van der Waals surface area (Å²) in [7, 11) is 0. The van der Waals surface area contributed by atoms with Crippen molar-refractivity contribution in [1.29, 1.82) is 0 Å². The number of aliphatic carboxylic acids is 1. The summed E-state index contributed by atoms with van der Waals surface area (Å²) in [5.41, 5.74) is 2.34. The van der Waals surface area contributed by atoms with E-state index in [-0.39, 0.29) is 12.8 Å². The predicted octanol–water partition coefficient (Wildman–Crippen LogP) is 3.26. The first-order chi connectivity index (χ1) is 16.8. The Bertz CT molecular complexity index is 1130. The SMILES string of the molecule is CC(=O)N[C@H](Cc1ccc(F)cc1)C(=O)N[C@H](Cc1ccc(OCc2ccccc2)cc1)C(=O)O. The Morgan fingerprint density at radius 1 is 0.800 bits per heavy atom. The molecule has 3 N–H and O–H groups in total. The van der Waals surface area contributed by atoms with Gasteiger partial charge in [-0.1, -0.05) is 54.6 Å².